The number of carbonyl (C=O) groups excluding carboxylic acids is 1. The second-order valence-electron chi connectivity index (χ2n) is 9.14. The molecule has 1 unspecified atom stereocenters. The number of rotatable bonds is 11. The van der Waals surface area contributed by atoms with E-state index in [-0.39, 0.29) is 12.0 Å². The molecule has 3 rings (SSSR count). The van der Waals surface area contributed by atoms with E-state index in [0.29, 0.717) is 19.0 Å². The van der Waals surface area contributed by atoms with E-state index in [0.717, 1.165) is 74.5 Å². The van der Waals surface area contributed by atoms with Crippen molar-refractivity contribution in [3.63, 3.8) is 0 Å². The number of aryl methyl sites for hydroxylation is 3. The van der Waals surface area contributed by atoms with Gasteiger partial charge in [0.1, 0.15) is 0 Å². The maximum Gasteiger partial charge on any atom is 0.320 e. The van der Waals surface area contributed by atoms with Gasteiger partial charge in [0.15, 0.2) is 5.82 Å². The molecular formula is C28H42N4O3. The quantitative estimate of drug-likeness (QED) is 0.433. The summed E-state index contributed by atoms with van der Waals surface area (Å²) in [6.45, 7) is 14.7. The number of benzene rings is 1. The van der Waals surface area contributed by atoms with Gasteiger partial charge in [-0.15, -0.1) is 0 Å². The SMILES string of the molecule is CCCC(c1c(C)nc(-c2c(CC)cccc2CC)nc1OC)N1CCN(CC(=O)OCC)CC1. The molecule has 1 saturated heterocycles. The van der Waals surface area contributed by atoms with Gasteiger partial charge in [-0.3, -0.25) is 14.6 Å². The van der Waals surface area contributed by atoms with E-state index in [4.69, 9.17) is 19.4 Å². The summed E-state index contributed by atoms with van der Waals surface area (Å²) >= 11 is 0. The van der Waals surface area contributed by atoms with Crippen LogP contribution in [0, 0.1) is 6.92 Å². The Labute approximate surface area is 210 Å². The predicted molar refractivity (Wildman–Crippen MR) is 140 cm³/mol. The number of methoxy groups -OCH3 is 1. The Morgan fingerprint density at radius 2 is 1.69 bits per heavy atom. The van der Waals surface area contributed by atoms with E-state index in [1.54, 1.807) is 7.11 Å². The molecule has 0 N–H and O–H groups in total. The second kappa shape index (κ2) is 13.0. The minimum atomic E-state index is -0.147. The third kappa shape index (κ3) is 6.39. The lowest BCUT2D eigenvalue weighted by atomic mass is 9.95. The monoisotopic (exact) mass is 482 g/mol. The van der Waals surface area contributed by atoms with Crippen LogP contribution in [0.15, 0.2) is 18.2 Å². The number of piperazine rings is 1. The number of ether oxygens (including phenoxy) is 2. The number of aromatic nitrogens is 2. The van der Waals surface area contributed by atoms with Gasteiger partial charge in [0.05, 0.1) is 31.5 Å². The second-order valence-corrected chi connectivity index (χ2v) is 9.14. The van der Waals surface area contributed by atoms with Crippen molar-refractivity contribution >= 4 is 5.97 Å². The molecule has 0 bridgehead atoms. The number of hydrogen-bond acceptors (Lipinski definition) is 7. The van der Waals surface area contributed by atoms with Gasteiger partial charge in [-0.2, -0.15) is 4.98 Å². The van der Waals surface area contributed by atoms with Crippen LogP contribution in [0.1, 0.15) is 69.0 Å². The van der Waals surface area contributed by atoms with Crippen LogP contribution in [0.25, 0.3) is 11.4 Å². The summed E-state index contributed by atoms with van der Waals surface area (Å²) < 4.78 is 11.0. The molecule has 0 spiro atoms. The van der Waals surface area contributed by atoms with E-state index in [2.05, 4.69) is 55.7 Å². The summed E-state index contributed by atoms with van der Waals surface area (Å²) in [6.07, 6.45) is 3.93. The third-order valence-electron chi connectivity index (χ3n) is 6.92. The van der Waals surface area contributed by atoms with Crippen LogP contribution >= 0.6 is 0 Å². The first-order chi connectivity index (χ1) is 17.0. The van der Waals surface area contributed by atoms with Gasteiger partial charge >= 0.3 is 5.97 Å². The summed E-state index contributed by atoms with van der Waals surface area (Å²) in [5.74, 6) is 1.28. The van der Waals surface area contributed by atoms with Crippen LogP contribution in [0.4, 0.5) is 0 Å². The Hall–Kier alpha value is -2.51. The maximum atomic E-state index is 11.9. The van der Waals surface area contributed by atoms with Crippen molar-refractivity contribution < 1.29 is 14.3 Å². The Balaban J connectivity index is 1.91. The molecule has 1 atom stereocenters. The molecule has 0 radical (unpaired) electrons. The lowest BCUT2D eigenvalue weighted by Gasteiger charge is -2.39. The Morgan fingerprint density at radius 1 is 1.03 bits per heavy atom. The van der Waals surface area contributed by atoms with E-state index >= 15 is 0 Å². The van der Waals surface area contributed by atoms with Crippen molar-refractivity contribution in [3.05, 3.63) is 40.6 Å². The summed E-state index contributed by atoms with van der Waals surface area (Å²) in [5.41, 5.74) is 5.74. The molecule has 7 nitrogen and oxygen atoms in total. The van der Waals surface area contributed by atoms with E-state index in [9.17, 15) is 4.79 Å². The predicted octanol–water partition coefficient (Wildman–Crippen LogP) is 4.61. The van der Waals surface area contributed by atoms with Crippen LogP contribution in [0.2, 0.25) is 0 Å². The van der Waals surface area contributed by atoms with Gasteiger partial charge < -0.3 is 9.47 Å². The molecule has 1 fully saturated rings. The molecule has 7 heteroatoms. The van der Waals surface area contributed by atoms with Crippen molar-refractivity contribution in [2.24, 2.45) is 0 Å². The van der Waals surface area contributed by atoms with Crippen LogP contribution in [0.5, 0.6) is 5.88 Å². The highest BCUT2D eigenvalue weighted by Gasteiger charge is 2.30. The molecule has 192 valence electrons. The molecule has 0 amide bonds. The zero-order valence-corrected chi connectivity index (χ0v) is 22.4. The summed E-state index contributed by atoms with van der Waals surface area (Å²) in [5, 5.41) is 0. The van der Waals surface area contributed by atoms with Crippen molar-refractivity contribution in [2.45, 2.75) is 66.3 Å². The van der Waals surface area contributed by atoms with E-state index < -0.39 is 0 Å². The summed E-state index contributed by atoms with van der Waals surface area (Å²) in [6, 6.07) is 6.64. The Kier molecular flexibility index (Phi) is 10.0. The maximum absolute atomic E-state index is 11.9. The zero-order chi connectivity index (χ0) is 25.4. The average Bonchev–Trinajstić information content (AvgIpc) is 2.87. The lowest BCUT2D eigenvalue weighted by molar-refractivity contribution is -0.144. The fraction of sp³-hybridized carbons (Fsp3) is 0.607. The molecule has 35 heavy (non-hydrogen) atoms. The Bertz CT molecular complexity index is 964. The molecular weight excluding hydrogens is 440 g/mol. The number of hydrogen-bond donors (Lipinski definition) is 0. The highest BCUT2D eigenvalue weighted by atomic mass is 16.5. The minimum absolute atomic E-state index is 0.147. The number of esters is 1. The van der Waals surface area contributed by atoms with Gasteiger partial charge in [0.2, 0.25) is 5.88 Å². The molecule has 1 aromatic heterocycles. The molecule has 1 aliphatic rings. The molecule has 0 aliphatic carbocycles. The lowest BCUT2D eigenvalue weighted by Crippen LogP contribution is -2.49. The third-order valence-corrected chi connectivity index (χ3v) is 6.92. The molecule has 1 aromatic carbocycles. The first-order valence-electron chi connectivity index (χ1n) is 13.1. The van der Waals surface area contributed by atoms with Crippen molar-refractivity contribution in [3.8, 4) is 17.3 Å². The molecule has 0 saturated carbocycles. The largest absolute Gasteiger partial charge is 0.481 e. The Morgan fingerprint density at radius 3 is 2.23 bits per heavy atom. The molecule has 1 aliphatic heterocycles. The fourth-order valence-corrected chi connectivity index (χ4v) is 5.14. The standard InChI is InChI=1S/C28H42N4O3/c1-7-12-23(32-17-15-31(16-18-32)19-24(33)35-10-4)25-20(5)29-27(30-28(25)34-6)26-21(8-2)13-11-14-22(26)9-3/h11,13-14,23H,7-10,12,15-19H2,1-6H3. The van der Waals surface area contributed by atoms with E-state index in [1.807, 2.05) is 6.92 Å². The van der Waals surface area contributed by atoms with Gasteiger partial charge in [-0.25, -0.2) is 4.98 Å². The first kappa shape index (κ1) is 27.1. The molecule has 2 heterocycles. The molecule has 2 aromatic rings. The van der Waals surface area contributed by atoms with Gasteiger partial charge in [-0.05, 0) is 44.2 Å². The highest BCUT2D eigenvalue weighted by Crippen LogP contribution is 2.37. The summed E-state index contributed by atoms with van der Waals surface area (Å²) in [4.78, 5) is 26.6. The fourth-order valence-electron chi connectivity index (χ4n) is 5.14. The van der Waals surface area contributed by atoms with Gasteiger partial charge in [-0.1, -0.05) is 45.4 Å². The minimum Gasteiger partial charge on any atom is -0.481 e. The van der Waals surface area contributed by atoms with Crippen molar-refractivity contribution in [2.75, 3.05) is 46.4 Å². The van der Waals surface area contributed by atoms with Crippen LogP contribution in [0.3, 0.4) is 0 Å². The van der Waals surface area contributed by atoms with Crippen LogP contribution in [-0.2, 0) is 22.4 Å². The summed E-state index contributed by atoms with van der Waals surface area (Å²) in [7, 11) is 1.71. The van der Waals surface area contributed by atoms with Gasteiger partial charge in [0, 0.05) is 37.8 Å². The number of nitrogens with zero attached hydrogens (tertiary/aromatic N) is 4. The normalized spacial score (nSPS) is 15.7. The van der Waals surface area contributed by atoms with E-state index in [1.165, 1.54) is 11.1 Å². The van der Waals surface area contributed by atoms with Crippen LogP contribution < -0.4 is 4.74 Å². The van der Waals surface area contributed by atoms with Gasteiger partial charge in [0.25, 0.3) is 0 Å². The first-order valence-corrected chi connectivity index (χ1v) is 13.1. The smallest absolute Gasteiger partial charge is 0.320 e. The van der Waals surface area contributed by atoms with Crippen molar-refractivity contribution in [1.29, 1.82) is 0 Å². The topological polar surface area (TPSA) is 67.8 Å². The highest BCUT2D eigenvalue weighted by molar-refractivity contribution is 5.71. The van der Waals surface area contributed by atoms with Crippen LogP contribution in [-0.4, -0.2) is 72.2 Å². The van der Waals surface area contributed by atoms with Crippen molar-refractivity contribution in [1.82, 2.24) is 19.8 Å². The zero-order valence-electron chi connectivity index (χ0n) is 22.4. The number of carbonyl (C=O) groups is 1. The average molecular weight is 483 g/mol.